The third-order valence-electron chi connectivity index (χ3n) is 8.69. The van der Waals surface area contributed by atoms with Gasteiger partial charge in [0.15, 0.2) is 5.01 Å². The lowest BCUT2D eigenvalue weighted by atomic mass is 9.71. The number of thiazole rings is 1. The van der Waals surface area contributed by atoms with Crippen molar-refractivity contribution in [3.63, 3.8) is 0 Å². The molecule has 3 aromatic heterocycles. The topological polar surface area (TPSA) is 104 Å². The first kappa shape index (κ1) is 28.3. The first-order valence-corrected chi connectivity index (χ1v) is 16.2. The van der Waals surface area contributed by atoms with E-state index in [-0.39, 0.29) is 23.5 Å². The molecule has 2 aliphatic rings. The molecule has 8 nitrogen and oxygen atoms in total. The molecule has 1 unspecified atom stereocenters. The predicted molar refractivity (Wildman–Crippen MR) is 164 cm³/mol. The Morgan fingerprint density at radius 1 is 1.15 bits per heavy atom. The van der Waals surface area contributed by atoms with Gasteiger partial charge in [0, 0.05) is 30.9 Å². The zero-order valence-corrected chi connectivity index (χ0v) is 25.6. The van der Waals surface area contributed by atoms with Crippen LogP contribution in [0.5, 0.6) is 0 Å². The number of aromatic nitrogens is 4. The van der Waals surface area contributed by atoms with Gasteiger partial charge in [-0.3, -0.25) is 4.79 Å². The number of amides is 1. The standard InChI is InChI=1S/C31H38N6O2S2/c1-31(2,3)22-8-9-24-21(16-22)17-26-29(35-24)40-30(36-26)27(39)34-25(12-15-37-13-10-23(38)11-14-37)19-4-6-20(7-5-19)28-32-18-33-41-28/h4-7,17-18,22-23,25,38H,8-16H2,1-3H3,(H,34,39)/t22-,25?/m0/s1. The van der Waals surface area contributed by atoms with E-state index >= 15 is 0 Å². The molecular weight excluding hydrogens is 553 g/mol. The summed E-state index contributed by atoms with van der Waals surface area (Å²) in [5.74, 6) is 0.462. The van der Waals surface area contributed by atoms with Gasteiger partial charge in [-0.25, -0.2) is 15.0 Å². The molecule has 1 aliphatic heterocycles. The van der Waals surface area contributed by atoms with Crippen LogP contribution in [0.15, 0.2) is 36.7 Å². The number of aliphatic hydroxyl groups is 1. The van der Waals surface area contributed by atoms with E-state index in [9.17, 15) is 9.90 Å². The van der Waals surface area contributed by atoms with Gasteiger partial charge < -0.3 is 15.3 Å². The Bertz CT molecular complexity index is 1490. The van der Waals surface area contributed by atoms with Crippen LogP contribution in [0.3, 0.4) is 0 Å². The summed E-state index contributed by atoms with van der Waals surface area (Å²) < 4.78 is 4.11. The number of benzene rings is 1. The molecule has 0 saturated carbocycles. The SMILES string of the molecule is CC(C)(C)[C@H]1CCc2nc3sc(C(=O)NC(CCN4CCC(O)CC4)c4ccc(-c5ncns5)cc4)nc3cc2C1. The maximum atomic E-state index is 13.6. The first-order chi connectivity index (χ1) is 19.7. The minimum Gasteiger partial charge on any atom is -0.393 e. The number of nitrogens with zero attached hydrogens (tertiary/aromatic N) is 5. The smallest absolute Gasteiger partial charge is 0.280 e. The minimum absolute atomic E-state index is 0.161. The van der Waals surface area contributed by atoms with Gasteiger partial charge in [0.2, 0.25) is 0 Å². The van der Waals surface area contributed by atoms with Crippen molar-refractivity contribution in [3.05, 3.63) is 58.5 Å². The quantitative estimate of drug-likeness (QED) is 0.285. The Morgan fingerprint density at radius 3 is 2.63 bits per heavy atom. The highest BCUT2D eigenvalue weighted by Crippen LogP contribution is 2.38. The molecule has 4 heterocycles. The van der Waals surface area contributed by atoms with Gasteiger partial charge in [-0.1, -0.05) is 56.4 Å². The second-order valence-electron chi connectivity index (χ2n) is 12.5. The van der Waals surface area contributed by atoms with E-state index in [1.807, 2.05) is 12.1 Å². The molecule has 0 radical (unpaired) electrons. The summed E-state index contributed by atoms with van der Waals surface area (Å²) in [6.07, 6.45) is 6.88. The van der Waals surface area contributed by atoms with Gasteiger partial charge in [-0.2, -0.15) is 4.37 Å². The molecule has 216 valence electrons. The molecule has 1 aromatic carbocycles. The average molecular weight is 591 g/mol. The third-order valence-corrected chi connectivity index (χ3v) is 10.4. The molecule has 6 rings (SSSR count). The summed E-state index contributed by atoms with van der Waals surface area (Å²) in [5.41, 5.74) is 5.58. The first-order valence-electron chi connectivity index (χ1n) is 14.6. The van der Waals surface area contributed by atoms with E-state index in [4.69, 9.17) is 9.97 Å². The number of carbonyl (C=O) groups is 1. The van der Waals surface area contributed by atoms with E-state index in [1.54, 1.807) is 6.33 Å². The molecule has 10 heteroatoms. The summed E-state index contributed by atoms with van der Waals surface area (Å²) in [6, 6.07) is 10.2. The van der Waals surface area contributed by atoms with E-state index in [0.717, 1.165) is 90.3 Å². The fourth-order valence-corrected chi connectivity index (χ4v) is 7.38. The molecule has 4 aromatic rings. The van der Waals surface area contributed by atoms with Crippen molar-refractivity contribution in [2.45, 2.75) is 71.4 Å². The summed E-state index contributed by atoms with van der Waals surface area (Å²) in [5, 5.41) is 14.5. The third kappa shape index (κ3) is 6.51. The number of nitrogens with one attached hydrogen (secondary N) is 1. The number of aryl methyl sites for hydroxylation is 1. The summed E-state index contributed by atoms with van der Waals surface area (Å²) in [7, 11) is 0. The number of piperidine rings is 1. The van der Waals surface area contributed by atoms with Crippen molar-refractivity contribution in [3.8, 4) is 10.6 Å². The minimum atomic E-state index is -0.202. The Hall–Kier alpha value is -2.79. The van der Waals surface area contributed by atoms with Gasteiger partial charge in [0.1, 0.15) is 21.7 Å². The molecular formula is C31H38N6O2S2. The highest BCUT2D eigenvalue weighted by Gasteiger charge is 2.30. The van der Waals surface area contributed by atoms with Gasteiger partial charge in [-0.05, 0) is 78.6 Å². The van der Waals surface area contributed by atoms with Crippen molar-refractivity contribution < 1.29 is 9.90 Å². The van der Waals surface area contributed by atoms with Crippen LogP contribution in [-0.4, -0.2) is 61.0 Å². The van der Waals surface area contributed by atoms with Crippen LogP contribution in [0.4, 0.5) is 0 Å². The second kappa shape index (κ2) is 11.8. The van der Waals surface area contributed by atoms with Crippen LogP contribution >= 0.6 is 22.9 Å². The lowest BCUT2D eigenvalue weighted by molar-refractivity contribution is 0.0795. The van der Waals surface area contributed by atoms with Crippen LogP contribution in [-0.2, 0) is 12.8 Å². The van der Waals surface area contributed by atoms with Gasteiger partial charge in [0.05, 0.1) is 12.1 Å². The predicted octanol–water partition coefficient (Wildman–Crippen LogP) is 5.68. The molecule has 0 bridgehead atoms. The number of carbonyl (C=O) groups excluding carboxylic acids is 1. The maximum Gasteiger partial charge on any atom is 0.280 e. The van der Waals surface area contributed by atoms with Gasteiger partial charge in [0.25, 0.3) is 5.91 Å². The number of pyridine rings is 1. The molecule has 2 atom stereocenters. The Labute approximate surface area is 249 Å². The lowest BCUT2D eigenvalue weighted by Crippen LogP contribution is -2.38. The van der Waals surface area contributed by atoms with Crippen LogP contribution < -0.4 is 5.32 Å². The maximum absolute atomic E-state index is 13.6. The van der Waals surface area contributed by atoms with Crippen molar-refractivity contribution in [2.75, 3.05) is 19.6 Å². The van der Waals surface area contributed by atoms with Gasteiger partial charge in [-0.15, -0.1) is 0 Å². The zero-order chi connectivity index (χ0) is 28.6. The molecule has 0 spiro atoms. The molecule has 1 amide bonds. The Kier molecular flexibility index (Phi) is 8.18. The van der Waals surface area contributed by atoms with Crippen LogP contribution in [0.25, 0.3) is 20.9 Å². The van der Waals surface area contributed by atoms with Gasteiger partial charge >= 0.3 is 0 Å². The van der Waals surface area contributed by atoms with E-state index in [0.29, 0.717) is 10.9 Å². The fraction of sp³-hybridized carbons (Fsp3) is 0.516. The van der Waals surface area contributed by atoms with Crippen LogP contribution in [0.1, 0.15) is 79.1 Å². The normalized spacial score (nSPS) is 19.3. The second-order valence-corrected chi connectivity index (χ2v) is 14.3. The summed E-state index contributed by atoms with van der Waals surface area (Å²) >= 11 is 2.75. The summed E-state index contributed by atoms with van der Waals surface area (Å²) in [4.78, 5) is 30.8. The van der Waals surface area contributed by atoms with E-state index < -0.39 is 0 Å². The molecule has 1 aliphatic carbocycles. The molecule has 1 saturated heterocycles. The summed E-state index contributed by atoms with van der Waals surface area (Å²) in [6.45, 7) is 9.54. The Morgan fingerprint density at radius 2 is 1.93 bits per heavy atom. The number of hydrogen-bond acceptors (Lipinski definition) is 9. The number of likely N-dealkylation sites (tertiary alicyclic amines) is 1. The van der Waals surface area contributed by atoms with Crippen molar-refractivity contribution in [1.29, 1.82) is 0 Å². The molecule has 1 fully saturated rings. The van der Waals surface area contributed by atoms with E-state index in [1.165, 1.54) is 28.4 Å². The fourth-order valence-electron chi connectivity index (χ4n) is 6.00. The van der Waals surface area contributed by atoms with Crippen LogP contribution in [0, 0.1) is 11.3 Å². The zero-order valence-electron chi connectivity index (χ0n) is 24.0. The number of fused-ring (bicyclic) bond motifs is 2. The van der Waals surface area contributed by atoms with Crippen LogP contribution in [0.2, 0.25) is 0 Å². The van der Waals surface area contributed by atoms with Crippen molar-refractivity contribution in [1.82, 2.24) is 29.5 Å². The highest BCUT2D eigenvalue weighted by atomic mass is 32.1. The number of aliphatic hydroxyl groups excluding tert-OH is 1. The van der Waals surface area contributed by atoms with Crippen molar-refractivity contribution in [2.24, 2.45) is 11.3 Å². The monoisotopic (exact) mass is 590 g/mol. The largest absolute Gasteiger partial charge is 0.393 e. The van der Waals surface area contributed by atoms with Crippen molar-refractivity contribution >= 4 is 39.1 Å². The van der Waals surface area contributed by atoms with E-state index in [2.05, 4.69) is 58.5 Å². The number of rotatable bonds is 7. The molecule has 2 N–H and O–H groups in total. The lowest BCUT2D eigenvalue weighted by Gasteiger charge is -2.34. The average Bonchev–Trinajstić information content (AvgIpc) is 3.64. The molecule has 41 heavy (non-hydrogen) atoms. The Balaban J connectivity index is 1.21. The number of hydrogen-bond donors (Lipinski definition) is 2. The highest BCUT2D eigenvalue weighted by molar-refractivity contribution is 7.19.